The smallest absolute Gasteiger partial charge is 0.269 e. The minimum atomic E-state index is -0.485. The molecule has 0 aliphatic rings. The fourth-order valence-corrected chi connectivity index (χ4v) is 2.16. The van der Waals surface area contributed by atoms with Gasteiger partial charge in [0.05, 0.1) is 11.4 Å². The molecule has 0 saturated heterocycles. The van der Waals surface area contributed by atoms with E-state index < -0.39 is 5.56 Å². The standard InChI is InChI=1S/C17H18N4O2/c1-2-3-9-20-16(22)12-21-15(14-6-4-5-10-19-14)8-7-13(11-18)17(21)23/h4-8,10H,2-3,9,12H2,1H3,(H,20,22). The van der Waals surface area contributed by atoms with Crippen molar-refractivity contribution < 1.29 is 4.79 Å². The molecular weight excluding hydrogens is 292 g/mol. The number of nitriles is 1. The summed E-state index contributed by atoms with van der Waals surface area (Å²) in [5.41, 5.74) is 0.614. The van der Waals surface area contributed by atoms with Gasteiger partial charge in [-0.05, 0) is 30.7 Å². The van der Waals surface area contributed by atoms with E-state index >= 15 is 0 Å². The van der Waals surface area contributed by atoms with E-state index in [2.05, 4.69) is 10.3 Å². The van der Waals surface area contributed by atoms with Crippen molar-refractivity contribution in [3.63, 3.8) is 0 Å². The normalized spacial score (nSPS) is 10.1. The Morgan fingerprint density at radius 2 is 2.17 bits per heavy atom. The number of nitrogens with one attached hydrogen (secondary N) is 1. The Morgan fingerprint density at radius 3 is 2.83 bits per heavy atom. The molecule has 2 rings (SSSR count). The minimum Gasteiger partial charge on any atom is -0.355 e. The molecule has 1 amide bonds. The summed E-state index contributed by atoms with van der Waals surface area (Å²) in [6, 6.07) is 10.3. The molecule has 23 heavy (non-hydrogen) atoms. The second-order valence-electron chi connectivity index (χ2n) is 5.05. The van der Waals surface area contributed by atoms with Crippen molar-refractivity contribution in [2.45, 2.75) is 26.3 Å². The molecule has 0 atom stereocenters. The van der Waals surface area contributed by atoms with Gasteiger partial charge >= 0.3 is 0 Å². The maximum atomic E-state index is 12.4. The average molecular weight is 310 g/mol. The first-order valence-corrected chi connectivity index (χ1v) is 7.49. The van der Waals surface area contributed by atoms with Crippen molar-refractivity contribution in [3.8, 4) is 17.5 Å². The van der Waals surface area contributed by atoms with Gasteiger partial charge in [0.2, 0.25) is 5.91 Å². The molecule has 2 aromatic rings. The van der Waals surface area contributed by atoms with Crippen LogP contribution < -0.4 is 10.9 Å². The van der Waals surface area contributed by atoms with Gasteiger partial charge in [-0.25, -0.2) is 0 Å². The number of nitrogens with zero attached hydrogens (tertiary/aromatic N) is 3. The highest BCUT2D eigenvalue weighted by atomic mass is 16.2. The molecule has 0 aliphatic heterocycles. The first kappa shape index (κ1) is 16.4. The summed E-state index contributed by atoms with van der Waals surface area (Å²) in [5.74, 6) is -0.257. The van der Waals surface area contributed by atoms with Crippen molar-refractivity contribution in [2.24, 2.45) is 0 Å². The van der Waals surface area contributed by atoms with Crippen molar-refractivity contribution in [3.05, 3.63) is 52.4 Å². The molecule has 0 spiro atoms. The number of hydrogen-bond donors (Lipinski definition) is 1. The summed E-state index contributed by atoms with van der Waals surface area (Å²) < 4.78 is 1.29. The molecular formula is C17H18N4O2. The summed E-state index contributed by atoms with van der Waals surface area (Å²) in [7, 11) is 0. The quantitative estimate of drug-likeness (QED) is 0.823. The van der Waals surface area contributed by atoms with E-state index in [4.69, 9.17) is 5.26 Å². The van der Waals surface area contributed by atoms with E-state index in [9.17, 15) is 9.59 Å². The first-order valence-electron chi connectivity index (χ1n) is 7.49. The molecule has 0 unspecified atom stereocenters. The molecule has 0 bridgehead atoms. The summed E-state index contributed by atoms with van der Waals surface area (Å²) in [6.07, 6.45) is 3.47. The fraction of sp³-hybridized carbons (Fsp3) is 0.294. The van der Waals surface area contributed by atoms with Gasteiger partial charge in [-0.1, -0.05) is 19.4 Å². The van der Waals surface area contributed by atoms with E-state index in [0.29, 0.717) is 17.9 Å². The van der Waals surface area contributed by atoms with E-state index in [-0.39, 0.29) is 18.0 Å². The topological polar surface area (TPSA) is 87.8 Å². The molecule has 2 aromatic heterocycles. The fourth-order valence-electron chi connectivity index (χ4n) is 2.16. The predicted octanol–water partition coefficient (Wildman–Crippen LogP) is 1.70. The lowest BCUT2D eigenvalue weighted by atomic mass is 10.2. The third-order valence-electron chi connectivity index (χ3n) is 3.38. The van der Waals surface area contributed by atoms with Crippen LogP contribution in [0.4, 0.5) is 0 Å². The van der Waals surface area contributed by atoms with Crippen LogP contribution in [0.25, 0.3) is 11.4 Å². The summed E-state index contributed by atoms with van der Waals surface area (Å²) >= 11 is 0. The highest BCUT2D eigenvalue weighted by Gasteiger charge is 2.14. The largest absolute Gasteiger partial charge is 0.355 e. The van der Waals surface area contributed by atoms with Crippen molar-refractivity contribution in [1.29, 1.82) is 5.26 Å². The lowest BCUT2D eigenvalue weighted by molar-refractivity contribution is -0.121. The molecule has 0 aliphatic carbocycles. The second kappa shape index (κ2) is 7.90. The molecule has 118 valence electrons. The molecule has 0 radical (unpaired) electrons. The van der Waals surface area contributed by atoms with E-state index in [0.717, 1.165) is 12.8 Å². The third kappa shape index (κ3) is 4.04. The Bertz CT molecular complexity index is 775. The molecule has 0 fully saturated rings. The Morgan fingerprint density at radius 1 is 1.35 bits per heavy atom. The van der Waals surface area contributed by atoms with E-state index in [1.54, 1.807) is 30.5 Å². The zero-order valence-electron chi connectivity index (χ0n) is 13.0. The Labute approximate surface area is 134 Å². The molecule has 0 aromatic carbocycles. The maximum absolute atomic E-state index is 12.4. The SMILES string of the molecule is CCCCNC(=O)Cn1c(-c2ccccn2)ccc(C#N)c1=O. The lowest BCUT2D eigenvalue weighted by Gasteiger charge is -2.13. The van der Waals surface area contributed by atoms with Crippen LogP contribution in [0.5, 0.6) is 0 Å². The van der Waals surface area contributed by atoms with Gasteiger partial charge in [-0.15, -0.1) is 0 Å². The number of hydrogen-bond acceptors (Lipinski definition) is 4. The highest BCUT2D eigenvalue weighted by Crippen LogP contribution is 2.15. The van der Waals surface area contributed by atoms with Gasteiger partial charge in [0.25, 0.3) is 5.56 Å². The average Bonchev–Trinajstić information content (AvgIpc) is 2.57. The molecule has 6 nitrogen and oxygen atoms in total. The highest BCUT2D eigenvalue weighted by molar-refractivity contribution is 5.76. The summed E-state index contributed by atoms with van der Waals surface area (Å²) in [6.45, 7) is 2.47. The Kier molecular flexibility index (Phi) is 5.64. The van der Waals surface area contributed by atoms with Crippen LogP contribution in [-0.2, 0) is 11.3 Å². The van der Waals surface area contributed by atoms with E-state index in [1.807, 2.05) is 13.0 Å². The van der Waals surface area contributed by atoms with Gasteiger partial charge < -0.3 is 5.32 Å². The van der Waals surface area contributed by atoms with Crippen molar-refractivity contribution in [1.82, 2.24) is 14.9 Å². The predicted molar refractivity (Wildman–Crippen MR) is 86.6 cm³/mol. The third-order valence-corrected chi connectivity index (χ3v) is 3.38. The van der Waals surface area contributed by atoms with Gasteiger partial charge in [-0.2, -0.15) is 5.26 Å². The van der Waals surface area contributed by atoms with Crippen LogP contribution in [0.3, 0.4) is 0 Å². The van der Waals surface area contributed by atoms with E-state index in [1.165, 1.54) is 10.6 Å². The first-order chi connectivity index (χ1) is 11.2. The maximum Gasteiger partial charge on any atom is 0.269 e. The van der Waals surface area contributed by atoms with Crippen molar-refractivity contribution >= 4 is 5.91 Å². The van der Waals surface area contributed by atoms with Crippen LogP contribution in [-0.4, -0.2) is 22.0 Å². The minimum absolute atomic E-state index is 0.00559. The number of rotatable bonds is 6. The van der Waals surface area contributed by atoms with Crippen LogP contribution in [0.2, 0.25) is 0 Å². The number of aromatic nitrogens is 2. The zero-order chi connectivity index (χ0) is 16.7. The Balaban J connectivity index is 2.37. The van der Waals surface area contributed by atoms with Crippen LogP contribution in [0.1, 0.15) is 25.3 Å². The molecule has 2 heterocycles. The zero-order valence-corrected chi connectivity index (χ0v) is 13.0. The molecule has 1 N–H and O–H groups in total. The summed E-state index contributed by atoms with van der Waals surface area (Å²) in [4.78, 5) is 28.7. The van der Waals surface area contributed by atoms with Crippen LogP contribution >= 0.6 is 0 Å². The monoisotopic (exact) mass is 310 g/mol. The number of pyridine rings is 2. The van der Waals surface area contributed by atoms with Crippen LogP contribution in [0.15, 0.2) is 41.3 Å². The molecule has 0 saturated carbocycles. The van der Waals surface area contributed by atoms with Gasteiger partial charge in [0.15, 0.2) is 0 Å². The lowest BCUT2D eigenvalue weighted by Crippen LogP contribution is -2.34. The number of carbonyl (C=O) groups excluding carboxylic acids is 1. The summed E-state index contributed by atoms with van der Waals surface area (Å²) in [5, 5.41) is 11.8. The van der Waals surface area contributed by atoms with Crippen LogP contribution in [0, 0.1) is 11.3 Å². The number of unbranched alkanes of at least 4 members (excludes halogenated alkanes) is 1. The van der Waals surface area contributed by atoms with Gasteiger partial charge in [0, 0.05) is 12.7 Å². The van der Waals surface area contributed by atoms with Gasteiger partial charge in [0.1, 0.15) is 18.2 Å². The second-order valence-corrected chi connectivity index (χ2v) is 5.05. The van der Waals surface area contributed by atoms with Gasteiger partial charge in [-0.3, -0.25) is 19.1 Å². The van der Waals surface area contributed by atoms with Crippen molar-refractivity contribution in [2.75, 3.05) is 6.54 Å². The number of amides is 1. The number of carbonyl (C=O) groups is 1. The molecule has 6 heteroatoms. The Hall–Kier alpha value is -2.94.